The maximum absolute atomic E-state index is 10.1. The Bertz CT molecular complexity index is 401. The van der Waals surface area contributed by atoms with E-state index >= 15 is 0 Å². The number of ether oxygens (including phenoxy) is 2. The van der Waals surface area contributed by atoms with Gasteiger partial charge in [-0.2, -0.15) is 0 Å². The van der Waals surface area contributed by atoms with Crippen molar-refractivity contribution in [3.63, 3.8) is 0 Å². The highest BCUT2D eigenvalue weighted by atomic mass is 16.5. The van der Waals surface area contributed by atoms with Gasteiger partial charge in [-0.3, -0.25) is 0 Å². The quantitative estimate of drug-likeness (QED) is 0.896. The number of hydrogen-bond donors (Lipinski definition) is 1. The zero-order valence-corrected chi connectivity index (χ0v) is 11.3. The molecule has 3 nitrogen and oxygen atoms in total. The zero-order chi connectivity index (χ0) is 13.1. The molecule has 1 heterocycles. The van der Waals surface area contributed by atoms with E-state index in [2.05, 4.69) is 0 Å². The van der Waals surface area contributed by atoms with E-state index in [1.807, 2.05) is 39.0 Å². The highest BCUT2D eigenvalue weighted by molar-refractivity contribution is 5.44. The van der Waals surface area contributed by atoms with Gasteiger partial charge in [-0.05, 0) is 23.6 Å². The van der Waals surface area contributed by atoms with Gasteiger partial charge in [-0.15, -0.1) is 0 Å². The molecular weight excluding hydrogens is 228 g/mol. The molecule has 0 spiro atoms. The van der Waals surface area contributed by atoms with Gasteiger partial charge in [-0.25, -0.2) is 0 Å². The van der Waals surface area contributed by atoms with Gasteiger partial charge in [0.15, 0.2) is 11.5 Å². The van der Waals surface area contributed by atoms with Crippen molar-refractivity contribution in [2.75, 3.05) is 13.2 Å². The molecule has 1 aliphatic heterocycles. The normalized spacial score (nSPS) is 18.3. The maximum Gasteiger partial charge on any atom is 0.161 e. The summed E-state index contributed by atoms with van der Waals surface area (Å²) in [6.45, 7) is 7.51. The van der Waals surface area contributed by atoms with Gasteiger partial charge >= 0.3 is 0 Å². The van der Waals surface area contributed by atoms with Crippen molar-refractivity contribution in [3.05, 3.63) is 23.8 Å². The molecule has 0 fully saturated rings. The zero-order valence-electron chi connectivity index (χ0n) is 11.3. The van der Waals surface area contributed by atoms with Gasteiger partial charge in [-0.1, -0.05) is 26.8 Å². The van der Waals surface area contributed by atoms with Crippen LogP contribution in [0, 0.1) is 5.92 Å². The van der Waals surface area contributed by atoms with E-state index in [1.54, 1.807) is 0 Å². The number of aliphatic hydroxyl groups is 1. The molecule has 0 saturated carbocycles. The summed E-state index contributed by atoms with van der Waals surface area (Å²) in [5.74, 6) is 1.95. The maximum atomic E-state index is 10.1. The van der Waals surface area contributed by atoms with Gasteiger partial charge in [0.05, 0.1) is 19.3 Å². The fraction of sp³-hybridized carbons (Fsp3) is 0.600. The van der Waals surface area contributed by atoms with Crippen LogP contribution in [-0.2, 0) is 0 Å². The first kappa shape index (κ1) is 13.2. The molecule has 3 heteroatoms. The van der Waals surface area contributed by atoms with Crippen LogP contribution in [0.1, 0.15) is 38.7 Å². The third-order valence-corrected chi connectivity index (χ3v) is 3.49. The molecule has 2 atom stereocenters. The molecule has 0 aliphatic carbocycles. The lowest BCUT2D eigenvalue weighted by atomic mass is 9.89. The number of hydrogen-bond acceptors (Lipinski definition) is 3. The molecule has 1 N–H and O–H groups in total. The number of benzene rings is 1. The summed E-state index contributed by atoms with van der Waals surface area (Å²) in [5.41, 5.74) is 1.10. The third-order valence-electron chi connectivity index (χ3n) is 3.49. The molecule has 18 heavy (non-hydrogen) atoms. The first-order valence-electron chi connectivity index (χ1n) is 6.67. The van der Waals surface area contributed by atoms with Gasteiger partial charge < -0.3 is 14.6 Å². The second-order valence-electron chi connectivity index (χ2n) is 5.28. The van der Waals surface area contributed by atoms with E-state index in [0.29, 0.717) is 13.2 Å². The van der Waals surface area contributed by atoms with Crippen LogP contribution in [0.4, 0.5) is 0 Å². The molecule has 2 unspecified atom stereocenters. The van der Waals surface area contributed by atoms with E-state index in [0.717, 1.165) is 23.5 Å². The summed E-state index contributed by atoms with van der Waals surface area (Å²) in [6, 6.07) is 5.96. The minimum atomic E-state index is -0.338. The van der Waals surface area contributed by atoms with Crippen molar-refractivity contribution in [2.24, 2.45) is 5.92 Å². The minimum Gasteiger partial charge on any atom is -0.490 e. The minimum absolute atomic E-state index is 0.0992. The standard InChI is InChI=1S/C15H22O3/c1-10(2)15(16)11(3)12-5-6-13-14(9-12)18-8-4-7-17-13/h5-6,9-11,15-16H,4,7-8H2,1-3H3. The average molecular weight is 250 g/mol. The van der Waals surface area contributed by atoms with E-state index in [9.17, 15) is 5.11 Å². The van der Waals surface area contributed by atoms with Crippen LogP contribution in [0.2, 0.25) is 0 Å². The van der Waals surface area contributed by atoms with Crippen LogP contribution < -0.4 is 9.47 Å². The Morgan fingerprint density at radius 3 is 2.39 bits per heavy atom. The SMILES string of the molecule is CC(C)C(O)C(C)c1ccc2c(c1)OCCCO2. The highest BCUT2D eigenvalue weighted by Crippen LogP contribution is 2.34. The van der Waals surface area contributed by atoms with Crippen LogP contribution in [0.15, 0.2) is 18.2 Å². The Labute approximate surface area is 109 Å². The summed E-state index contributed by atoms with van der Waals surface area (Å²) < 4.78 is 11.3. The van der Waals surface area contributed by atoms with Gasteiger partial charge in [0.25, 0.3) is 0 Å². The largest absolute Gasteiger partial charge is 0.490 e. The molecule has 0 radical (unpaired) electrons. The van der Waals surface area contributed by atoms with Crippen LogP contribution in [0.5, 0.6) is 11.5 Å². The van der Waals surface area contributed by atoms with Crippen molar-refractivity contribution in [1.29, 1.82) is 0 Å². The molecule has 100 valence electrons. The van der Waals surface area contributed by atoms with Crippen LogP contribution >= 0.6 is 0 Å². The summed E-state index contributed by atoms with van der Waals surface area (Å²) in [4.78, 5) is 0. The molecule has 1 aliphatic rings. The third kappa shape index (κ3) is 2.78. The molecule has 2 rings (SSSR count). The van der Waals surface area contributed by atoms with E-state index in [-0.39, 0.29) is 17.9 Å². The van der Waals surface area contributed by atoms with Crippen LogP contribution in [0.25, 0.3) is 0 Å². The van der Waals surface area contributed by atoms with Crippen molar-refractivity contribution < 1.29 is 14.6 Å². The molecule has 1 aromatic rings. The van der Waals surface area contributed by atoms with E-state index < -0.39 is 0 Å². The summed E-state index contributed by atoms with van der Waals surface area (Å²) in [5, 5.41) is 10.1. The number of rotatable bonds is 3. The molecule has 0 amide bonds. The average Bonchev–Trinajstić information content (AvgIpc) is 2.60. The summed E-state index contributed by atoms with van der Waals surface area (Å²) in [6.07, 6.45) is 0.573. The Balaban J connectivity index is 2.22. The topological polar surface area (TPSA) is 38.7 Å². The van der Waals surface area contributed by atoms with Crippen molar-refractivity contribution in [2.45, 2.75) is 39.2 Å². The summed E-state index contributed by atoms with van der Waals surface area (Å²) in [7, 11) is 0. The monoisotopic (exact) mass is 250 g/mol. The second-order valence-corrected chi connectivity index (χ2v) is 5.28. The Kier molecular flexibility index (Phi) is 4.12. The van der Waals surface area contributed by atoms with Crippen LogP contribution in [0.3, 0.4) is 0 Å². The Hall–Kier alpha value is -1.22. The molecule has 0 aromatic heterocycles. The smallest absolute Gasteiger partial charge is 0.161 e. The first-order valence-corrected chi connectivity index (χ1v) is 6.67. The van der Waals surface area contributed by atoms with Gasteiger partial charge in [0.2, 0.25) is 0 Å². The number of aliphatic hydroxyl groups excluding tert-OH is 1. The fourth-order valence-corrected chi connectivity index (χ4v) is 2.24. The van der Waals surface area contributed by atoms with Gasteiger partial charge in [0.1, 0.15) is 0 Å². The van der Waals surface area contributed by atoms with E-state index in [4.69, 9.17) is 9.47 Å². The first-order chi connectivity index (χ1) is 8.59. The molecular formula is C15H22O3. The second kappa shape index (κ2) is 5.61. The molecule has 0 saturated heterocycles. The predicted molar refractivity (Wildman–Crippen MR) is 71.3 cm³/mol. The lowest BCUT2D eigenvalue weighted by Gasteiger charge is -2.23. The Morgan fingerprint density at radius 2 is 1.72 bits per heavy atom. The predicted octanol–water partition coefficient (Wildman–Crippen LogP) is 2.97. The summed E-state index contributed by atoms with van der Waals surface area (Å²) >= 11 is 0. The van der Waals surface area contributed by atoms with Crippen molar-refractivity contribution in [1.82, 2.24) is 0 Å². The Morgan fingerprint density at radius 1 is 1.06 bits per heavy atom. The fourth-order valence-electron chi connectivity index (χ4n) is 2.24. The lowest BCUT2D eigenvalue weighted by molar-refractivity contribution is 0.102. The molecule has 1 aromatic carbocycles. The highest BCUT2D eigenvalue weighted by Gasteiger charge is 2.21. The number of fused-ring (bicyclic) bond motifs is 1. The van der Waals surface area contributed by atoms with Crippen molar-refractivity contribution in [3.8, 4) is 11.5 Å². The lowest BCUT2D eigenvalue weighted by Crippen LogP contribution is -2.22. The van der Waals surface area contributed by atoms with Gasteiger partial charge in [0, 0.05) is 12.3 Å². The van der Waals surface area contributed by atoms with Crippen LogP contribution in [-0.4, -0.2) is 24.4 Å². The van der Waals surface area contributed by atoms with Crippen molar-refractivity contribution >= 4 is 0 Å². The van der Waals surface area contributed by atoms with E-state index in [1.165, 1.54) is 0 Å². The molecule has 0 bridgehead atoms.